The minimum absolute atomic E-state index is 0.0429. The van der Waals surface area contributed by atoms with E-state index in [0.717, 1.165) is 17.7 Å². The van der Waals surface area contributed by atoms with Crippen molar-refractivity contribution in [2.24, 2.45) is 0 Å². The Morgan fingerprint density at radius 3 is 2.32 bits per heavy atom. The zero-order valence-electron chi connectivity index (χ0n) is 20.4. The molecule has 1 fully saturated rings. The van der Waals surface area contributed by atoms with E-state index in [1.54, 1.807) is 19.9 Å². The third-order valence-corrected chi connectivity index (χ3v) is 6.24. The van der Waals surface area contributed by atoms with E-state index in [1.807, 2.05) is 0 Å². The molecule has 0 radical (unpaired) electrons. The average Bonchev–Trinajstić information content (AvgIpc) is 2.87. The van der Waals surface area contributed by atoms with Crippen molar-refractivity contribution in [3.8, 4) is 40.1 Å². The number of ether oxygens (including phenoxy) is 2. The molecule has 12 heteroatoms. The van der Waals surface area contributed by atoms with Crippen molar-refractivity contribution in [1.82, 2.24) is 0 Å². The molecule has 0 aliphatic carbocycles. The lowest BCUT2D eigenvalue weighted by molar-refractivity contribution is -0.277. The minimum atomic E-state index is -1.75. The fraction of sp³-hybridized carbons (Fsp3) is 0.346. The molecule has 1 aliphatic heterocycles. The smallest absolute Gasteiger partial charge is 0.238 e. The molecular formula is C26H28O12. The molecule has 0 spiro atoms. The largest absolute Gasteiger partial charge is 0.507 e. The quantitative estimate of drug-likeness (QED) is 0.165. The molecule has 1 aliphatic rings. The van der Waals surface area contributed by atoms with Gasteiger partial charge < -0.3 is 54.7 Å². The van der Waals surface area contributed by atoms with Crippen LogP contribution < -0.4 is 10.2 Å². The number of aliphatic hydroxyl groups is 4. The van der Waals surface area contributed by atoms with Gasteiger partial charge in [0.2, 0.25) is 17.5 Å². The number of rotatable bonds is 6. The molecule has 8 N–H and O–H groups in total. The Morgan fingerprint density at radius 2 is 1.68 bits per heavy atom. The summed E-state index contributed by atoms with van der Waals surface area (Å²) in [6, 6.07) is 4.69. The first-order valence-electron chi connectivity index (χ1n) is 11.6. The van der Waals surface area contributed by atoms with Crippen molar-refractivity contribution in [3.05, 3.63) is 51.7 Å². The van der Waals surface area contributed by atoms with Gasteiger partial charge in [-0.25, -0.2) is 0 Å². The van der Waals surface area contributed by atoms with Gasteiger partial charge in [-0.05, 0) is 38.5 Å². The van der Waals surface area contributed by atoms with Gasteiger partial charge in [-0.15, -0.1) is 0 Å². The van der Waals surface area contributed by atoms with Crippen LogP contribution in [0.3, 0.4) is 0 Å². The molecule has 2 heterocycles. The van der Waals surface area contributed by atoms with Crippen LogP contribution in [0, 0.1) is 0 Å². The number of benzene rings is 2. The third kappa shape index (κ3) is 4.87. The maximum Gasteiger partial charge on any atom is 0.238 e. The van der Waals surface area contributed by atoms with Crippen molar-refractivity contribution in [2.45, 2.75) is 51.0 Å². The van der Waals surface area contributed by atoms with E-state index >= 15 is 0 Å². The standard InChI is InChI=1S/C26H28O12/c1-10(2)3-5-12-15(37-26-24(35)22(33)20(31)17(9-27)38-26)8-16-18(19(12)30)21(32)23(34)25(36-16)11-4-6-13(28)14(29)7-11/h3-4,6-8,17,20,22,24,26-31,33-35H,5,9H2,1-2H3. The Bertz CT molecular complexity index is 1440. The van der Waals surface area contributed by atoms with E-state index in [2.05, 4.69) is 0 Å². The van der Waals surface area contributed by atoms with Crippen LogP contribution >= 0.6 is 0 Å². The highest BCUT2D eigenvalue weighted by molar-refractivity contribution is 5.90. The Balaban J connectivity index is 1.90. The van der Waals surface area contributed by atoms with Crippen LogP contribution in [0.15, 0.2) is 45.1 Å². The Hall–Kier alpha value is -3.81. The summed E-state index contributed by atoms with van der Waals surface area (Å²) >= 11 is 0. The number of aromatic hydroxyl groups is 4. The zero-order valence-corrected chi connectivity index (χ0v) is 20.4. The van der Waals surface area contributed by atoms with E-state index in [0.29, 0.717) is 0 Å². The van der Waals surface area contributed by atoms with Gasteiger partial charge in [-0.1, -0.05) is 11.6 Å². The summed E-state index contributed by atoms with van der Waals surface area (Å²) in [6.07, 6.45) is -6.16. The van der Waals surface area contributed by atoms with Gasteiger partial charge in [-0.2, -0.15) is 0 Å². The predicted octanol–water partition coefficient (Wildman–Crippen LogP) is 0.970. The second kappa shape index (κ2) is 10.5. The van der Waals surface area contributed by atoms with Crippen LogP contribution in [0.25, 0.3) is 22.3 Å². The highest BCUT2D eigenvalue weighted by atomic mass is 16.7. The lowest BCUT2D eigenvalue weighted by Crippen LogP contribution is -2.60. The predicted molar refractivity (Wildman–Crippen MR) is 132 cm³/mol. The molecule has 3 aromatic rings. The normalized spacial score (nSPS) is 23.4. The minimum Gasteiger partial charge on any atom is -0.507 e. The molecule has 38 heavy (non-hydrogen) atoms. The first kappa shape index (κ1) is 27.2. The monoisotopic (exact) mass is 532 g/mol. The number of aliphatic hydroxyl groups excluding tert-OH is 4. The molecule has 1 saturated heterocycles. The van der Waals surface area contributed by atoms with Crippen LogP contribution in [0.2, 0.25) is 0 Å². The fourth-order valence-electron chi connectivity index (χ4n) is 4.10. The van der Waals surface area contributed by atoms with Gasteiger partial charge >= 0.3 is 0 Å². The summed E-state index contributed by atoms with van der Waals surface area (Å²) in [5.74, 6) is -2.89. The highest BCUT2D eigenvalue weighted by Gasteiger charge is 2.45. The first-order valence-corrected chi connectivity index (χ1v) is 11.6. The average molecular weight is 532 g/mol. The Labute approximate surface area is 215 Å². The summed E-state index contributed by atoms with van der Waals surface area (Å²) in [7, 11) is 0. The number of hydrogen-bond acceptors (Lipinski definition) is 12. The molecule has 4 rings (SSSR count). The van der Waals surface area contributed by atoms with Gasteiger partial charge in [0.15, 0.2) is 17.3 Å². The number of phenolic OH excluding ortho intramolecular Hbond substituents is 3. The van der Waals surface area contributed by atoms with Crippen LogP contribution in [-0.2, 0) is 11.2 Å². The van der Waals surface area contributed by atoms with Gasteiger partial charge in [0.1, 0.15) is 46.9 Å². The summed E-state index contributed by atoms with van der Waals surface area (Å²) in [5, 5.41) is 80.8. The van der Waals surface area contributed by atoms with Gasteiger partial charge in [0, 0.05) is 17.2 Å². The summed E-state index contributed by atoms with van der Waals surface area (Å²) in [5.41, 5.74) is -0.253. The van der Waals surface area contributed by atoms with Crippen molar-refractivity contribution >= 4 is 11.0 Å². The van der Waals surface area contributed by atoms with E-state index in [-0.39, 0.29) is 40.0 Å². The lowest BCUT2D eigenvalue weighted by atomic mass is 9.99. The molecule has 2 aromatic carbocycles. The molecule has 0 amide bonds. The van der Waals surface area contributed by atoms with Crippen molar-refractivity contribution in [3.63, 3.8) is 0 Å². The number of fused-ring (bicyclic) bond motifs is 1. The maximum absolute atomic E-state index is 13.1. The molecule has 1 aromatic heterocycles. The van der Waals surface area contributed by atoms with E-state index in [9.17, 15) is 45.6 Å². The number of allylic oxidation sites excluding steroid dienone is 2. The van der Waals surface area contributed by atoms with Gasteiger partial charge in [-0.3, -0.25) is 4.79 Å². The molecule has 5 unspecified atom stereocenters. The zero-order chi connectivity index (χ0) is 27.9. The maximum atomic E-state index is 13.1. The number of phenols is 3. The fourth-order valence-corrected chi connectivity index (χ4v) is 4.10. The highest BCUT2D eigenvalue weighted by Crippen LogP contribution is 2.41. The summed E-state index contributed by atoms with van der Waals surface area (Å²) in [4.78, 5) is 13.1. The molecule has 5 atom stereocenters. The van der Waals surface area contributed by atoms with Gasteiger partial charge in [0.05, 0.1) is 6.61 Å². The molecule has 0 saturated carbocycles. The number of hydrogen-bond donors (Lipinski definition) is 8. The second-order valence-corrected chi connectivity index (χ2v) is 9.19. The van der Waals surface area contributed by atoms with Crippen LogP contribution in [-0.4, -0.2) is 78.2 Å². The van der Waals surface area contributed by atoms with E-state index < -0.39 is 65.7 Å². The molecule has 0 bridgehead atoms. The summed E-state index contributed by atoms with van der Waals surface area (Å²) in [6.45, 7) is 2.92. The lowest BCUT2D eigenvalue weighted by Gasteiger charge is -2.39. The van der Waals surface area contributed by atoms with Crippen LogP contribution in [0.4, 0.5) is 0 Å². The SMILES string of the molecule is CC(C)=CCc1c(OC2OC(CO)C(O)C(O)C2O)cc2oc(-c3ccc(O)c(O)c3)c(O)c(=O)c2c1O. The molecule has 12 nitrogen and oxygen atoms in total. The van der Waals surface area contributed by atoms with E-state index in [1.165, 1.54) is 12.1 Å². The van der Waals surface area contributed by atoms with Crippen molar-refractivity contribution in [2.75, 3.05) is 6.61 Å². The van der Waals surface area contributed by atoms with Gasteiger partial charge in [0.25, 0.3) is 0 Å². The van der Waals surface area contributed by atoms with Crippen molar-refractivity contribution in [1.29, 1.82) is 0 Å². The second-order valence-electron chi connectivity index (χ2n) is 9.19. The van der Waals surface area contributed by atoms with E-state index in [4.69, 9.17) is 13.9 Å². The third-order valence-electron chi connectivity index (χ3n) is 6.24. The first-order chi connectivity index (χ1) is 17.9. The molecule has 204 valence electrons. The Morgan fingerprint density at radius 1 is 0.974 bits per heavy atom. The Kier molecular flexibility index (Phi) is 7.54. The topological polar surface area (TPSA) is 211 Å². The molecular weight excluding hydrogens is 504 g/mol. The summed E-state index contributed by atoms with van der Waals surface area (Å²) < 4.78 is 16.9. The van der Waals surface area contributed by atoms with Crippen LogP contribution in [0.1, 0.15) is 19.4 Å². The van der Waals surface area contributed by atoms with Crippen LogP contribution in [0.5, 0.6) is 28.7 Å². The van der Waals surface area contributed by atoms with Crippen molar-refractivity contribution < 1.29 is 54.7 Å².